The van der Waals surface area contributed by atoms with Gasteiger partial charge in [-0.15, -0.1) is 0 Å². The quantitative estimate of drug-likeness (QED) is 0.373. The topological polar surface area (TPSA) is 125 Å². The fraction of sp³-hybridized carbons (Fsp3) is 0.385. The third-order valence-corrected chi connectivity index (χ3v) is 9.53. The summed E-state index contributed by atoms with van der Waals surface area (Å²) in [6, 6.07) is 12.9. The van der Waals surface area contributed by atoms with Gasteiger partial charge in [-0.3, -0.25) is 0 Å². The standard InChI is InChI=1S/C26H33FN6O4S2/c1-19-18-21(6-9-24(19)27)29-25-10-13-28-26(31-25)30-20-4-7-23(8-5-20)39(36,37)33-14-11-22(12-15-33)32(2)16-17-38(3,34)35/h4-10,13,18,22H,11-12,14-17H2,1-3H3,(H2,28,29,30,31). The summed E-state index contributed by atoms with van der Waals surface area (Å²) in [7, 11) is -4.83. The number of benzene rings is 2. The smallest absolute Gasteiger partial charge is 0.243 e. The monoisotopic (exact) mass is 576 g/mol. The summed E-state index contributed by atoms with van der Waals surface area (Å²) in [5.74, 6) is 0.636. The van der Waals surface area contributed by atoms with E-state index in [-0.39, 0.29) is 22.5 Å². The van der Waals surface area contributed by atoms with Crippen LogP contribution in [0.1, 0.15) is 18.4 Å². The minimum atomic E-state index is -3.66. The van der Waals surface area contributed by atoms with Gasteiger partial charge in [-0.05, 0) is 80.9 Å². The Morgan fingerprint density at radius 2 is 1.67 bits per heavy atom. The summed E-state index contributed by atoms with van der Waals surface area (Å²) in [5.41, 5.74) is 1.83. The molecule has 0 bridgehead atoms. The Morgan fingerprint density at radius 3 is 2.31 bits per heavy atom. The Labute approximate surface area is 229 Å². The highest BCUT2D eigenvalue weighted by Crippen LogP contribution is 2.25. The maximum Gasteiger partial charge on any atom is 0.243 e. The molecule has 0 spiro atoms. The molecule has 0 saturated carbocycles. The van der Waals surface area contributed by atoms with Crippen LogP contribution in [0.2, 0.25) is 0 Å². The van der Waals surface area contributed by atoms with Crippen molar-refractivity contribution in [1.82, 2.24) is 19.2 Å². The van der Waals surface area contributed by atoms with E-state index < -0.39 is 19.9 Å². The molecular weight excluding hydrogens is 543 g/mol. The lowest BCUT2D eigenvalue weighted by molar-refractivity contribution is 0.175. The third kappa shape index (κ3) is 7.72. The molecule has 13 heteroatoms. The molecule has 0 aliphatic carbocycles. The zero-order chi connectivity index (χ0) is 28.2. The van der Waals surface area contributed by atoms with Gasteiger partial charge in [-0.25, -0.2) is 26.2 Å². The Kier molecular flexibility index (Phi) is 8.84. The lowest BCUT2D eigenvalue weighted by Crippen LogP contribution is -2.46. The van der Waals surface area contributed by atoms with Gasteiger partial charge in [-0.2, -0.15) is 9.29 Å². The van der Waals surface area contributed by atoms with Crippen LogP contribution < -0.4 is 10.6 Å². The number of aromatic nitrogens is 2. The molecule has 1 saturated heterocycles. The molecule has 0 radical (unpaired) electrons. The highest BCUT2D eigenvalue weighted by Gasteiger charge is 2.31. The molecule has 1 aliphatic heterocycles. The van der Waals surface area contributed by atoms with Crippen LogP contribution in [0.25, 0.3) is 0 Å². The average molecular weight is 577 g/mol. The van der Waals surface area contributed by atoms with Gasteiger partial charge >= 0.3 is 0 Å². The molecular formula is C26H33FN6O4S2. The van der Waals surface area contributed by atoms with Crippen molar-refractivity contribution in [2.45, 2.75) is 30.7 Å². The molecule has 0 unspecified atom stereocenters. The van der Waals surface area contributed by atoms with Crippen LogP contribution in [0.5, 0.6) is 0 Å². The highest BCUT2D eigenvalue weighted by atomic mass is 32.2. The predicted molar refractivity (Wildman–Crippen MR) is 150 cm³/mol. The van der Waals surface area contributed by atoms with Gasteiger partial charge in [0.25, 0.3) is 0 Å². The first-order valence-electron chi connectivity index (χ1n) is 12.5. The van der Waals surface area contributed by atoms with E-state index >= 15 is 0 Å². The zero-order valence-electron chi connectivity index (χ0n) is 22.1. The van der Waals surface area contributed by atoms with Crippen LogP contribution >= 0.6 is 0 Å². The number of sulfonamides is 1. The van der Waals surface area contributed by atoms with Gasteiger partial charge in [-0.1, -0.05) is 0 Å². The van der Waals surface area contributed by atoms with Crippen molar-refractivity contribution >= 4 is 43.0 Å². The molecule has 10 nitrogen and oxygen atoms in total. The SMILES string of the molecule is Cc1cc(Nc2ccnc(Nc3ccc(S(=O)(=O)N4CCC(N(C)CCS(C)(=O)=O)CC4)cc3)n2)ccc1F. The number of anilines is 4. The zero-order valence-corrected chi connectivity index (χ0v) is 23.8. The molecule has 39 heavy (non-hydrogen) atoms. The molecule has 210 valence electrons. The number of hydrogen-bond donors (Lipinski definition) is 2. The number of piperidine rings is 1. The van der Waals surface area contributed by atoms with Crippen molar-refractivity contribution in [2.24, 2.45) is 0 Å². The number of aryl methyl sites for hydroxylation is 1. The summed E-state index contributed by atoms with van der Waals surface area (Å²) in [6.45, 7) is 2.86. The fourth-order valence-corrected chi connectivity index (χ4v) is 6.45. The van der Waals surface area contributed by atoms with E-state index in [9.17, 15) is 21.2 Å². The van der Waals surface area contributed by atoms with Crippen molar-refractivity contribution in [3.05, 3.63) is 66.1 Å². The second kappa shape index (κ2) is 11.9. The van der Waals surface area contributed by atoms with Gasteiger partial charge in [0.15, 0.2) is 0 Å². The number of halogens is 1. The first-order chi connectivity index (χ1) is 18.4. The number of nitrogens with one attached hydrogen (secondary N) is 2. The Hall–Kier alpha value is -3.13. The van der Waals surface area contributed by atoms with Gasteiger partial charge in [0, 0.05) is 49.5 Å². The van der Waals surface area contributed by atoms with Crippen LogP contribution in [0.4, 0.5) is 27.5 Å². The lowest BCUT2D eigenvalue weighted by atomic mass is 10.1. The normalized spacial score (nSPS) is 15.4. The first kappa shape index (κ1) is 28.9. The molecule has 2 heterocycles. The second-order valence-corrected chi connectivity index (χ2v) is 13.9. The summed E-state index contributed by atoms with van der Waals surface area (Å²) >= 11 is 0. The van der Waals surface area contributed by atoms with Crippen molar-refractivity contribution in [2.75, 3.05) is 49.3 Å². The maximum atomic E-state index is 13.5. The van der Waals surface area contributed by atoms with E-state index in [1.165, 1.54) is 16.6 Å². The molecule has 2 N–H and O–H groups in total. The summed E-state index contributed by atoms with van der Waals surface area (Å²) in [5, 5.41) is 6.19. The predicted octanol–water partition coefficient (Wildman–Crippen LogP) is 3.54. The minimum Gasteiger partial charge on any atom is -0.340 e. The molecule has 1 aromatic heterocycles. The molecule has 4 rings (SSSR count). The van der Waals surface area contributed by atoms with E-state index in [1.54, 1.807) is 55.6 Å². The molecule has 1 aliphatic rings. The number of hydrogen-bond acceptors (Lipinski definition) is 9. The largest absolute Gasteiger partial charge is 0.340 e. The number of sulfone groups is 1. The molecule has 1 fully saturated rings. The summed E-state index contributed by atoms with van der Waals surface area (Å²) in [6.07, 6.45) is 4.07. The molecule has 0 atom stereocenters. The van der Waals surface area contributed by atoms with E-state index in [1.807, 2.05) is 11.9 Å². The summed E-state index contributed by atoms with van der Waals surface area (Å²) in [4.78, 5) is 10.8. The van der Waals surface area contributed by atoms with Crippen LogP contribution in [0.3, 0.4) is 0 Å². The Balaban J connectivity index is 1.35. The third-order valence-electron chi connectivity index (χ3n) is 6.70. The van der Waals surface area contributed by atoms with Gasteiger partial charge in [0.1, 0.15) is 21.5 Å². The van der Waals surface area contributed by atoms with E-state index in [4.69, 9.17) is 0 Å². The van der Waals surface area contributed by atoms with Crippen LogP contribution in [0.15, 0.2) is 59.6 Å². The van der Waals surface area contributed by atoms with E-state index in [2.05, 4.69) is 20.6 Å². The van der Waals surface area contributed by atoms with E-state index in [0.29, 0.717) is 61.2 Å². The first-order valence-corrected chi connectivity index (χ1v) is 16.0. The fourth-order valence-electron chi connectivity index (χ4n) is 4.36. The maximum absolute atomic E-state index is 13.5. The Bertz CT molecular complexity index is 1510. The van der Waals surface area contributed by atoms with Crippen LogP contribution in [-0.2, 0) is 19.9 Å². The van der Waals surface area contributed by atoms with Crippen LogP contribution in [-0.4, -0.2) is 80.7 Å². The molecule has 3 aromatic rings. The molecule has 2 aromatic carbocycles. The van der Waals surface area contributed by atoms with Crippen molar-refractivity contribution in [1.29, 1.82) is 0 Å². The van der Waals surface area contributed by atoms with Gasteiger partial charge in [0.05, 0.1) is 10.6 Å². The van der Waals surface area contributed by atoms with Crippen molar-refractivity contribution < 1.29 is 21.2 Å². The van der Waals surface area contributed by atoms with E-state index in [0.717, 1.165) is 0 Å². The van der Waals surface area contributed by atoms with Crippen molar-refractivity contribution in [3.8, 4) is 0 Å². The Morgan fingerprint density at radius 1 is 1.00 bits per heavy atom. The average Bonchev–Trinajstić information content (AvgIpc) is 2.89. The number of nitrogens with zero attached hydrogens (tertiary/aromatic N) is 4. The lowest BCUT2D eigenvalue weighted by Gasteiger charge is -2.36. The highest BCUT2D eigenvalue weighted by molar-refractivity contribution is 7.90. The van der Waals surface area contributed by atoms with Gasteiger partial charge in [0.2, 0.25) is 16.0 Å². The van der Waals surface area contributed by atoms with Crippen LogP contribution in [0, 0.1) is 12.7 Å². The van der Waals surface area contributed by atoms with Crippen molar-refractivity contribution in [3.63, 3.8) is 0 Å². The summed E-state index contributed by atoms with van der Waals surface area (Å²) < 4.78 is 64.3. The minimum absolute atomic E-state index is 0.0855. The second-order valence-electron chi connectivity index (χ2n) is 9.75. The van der Waals surface area contributed by atoms with Gasteiger partial charge < -0.3 is 15.5 Å². The number of rotatable bonds is 10. The molecule has 0 amide bonds.